The van der Waals surface area contributed by atoms with Crippen LogP contribution in [0.4, 0.5) is 0 Å². The summed E-state index contributed by atoms with van der Waals surface area (Å²) in [7, 11) is 0. The van der Waals surface area contributed by atoms with E-state index in [2.05, 4.69) is 10.5 Å². The second-order valence-electron chi connectivity index (χ2n) is 4.67. The van der Waals surface area contributed by atoms with Gasteiger partial charge in [0.2, 0.25) is 0 Å². The van der Waals surface area contributed by atoms with Gasteiger partial charge >= 0.3 is 0 Å². The van der Waals surface area contributed by atoms with Gasteiger partial charge in [-0.1, -0.05) is 40.9 Å². The Morgan fingerprint density at radius 2 is 1.96 bits per heavy atom. The molecule has 120 valence electrons. The maximum absolute atomic E-state index is 11.7. The second-order valence-corrected chi connectivity index (χ2v) is 5.92. The number of nitrogens with zero attached hydrogens (tertiary/aromatic N) is 1. The lowest BCUT2D eigenvalue weighted by Crippen LogP contribution is -2.24. The highest BCUT2D eigenvalue weighted by molar-refractivity contribution is 6.42. The molecule has 0 saturated carbocycles. The molecule has 0 heterocycles. The minimum absolute atomic E-state index is 0.152. The van der Waals surface area contributed by atoms with Crippen molar-refractivity contribution in [2.75, 3.05) is 6.61 Å². The third-order valence-electron chi connectivity index (χ3n) is 2.84. The van der Waals surface area contributed by atoms with Crippen molar-refractivity contribution < 1.29 is 9.53 Å². The molecule has 0 aliphatic carbocycles. The molecular weight excluding hydrogens is 359 g/mol. The van der Waals surface area contributed by atoms with Crippen LogP contribution in [0.15, 0.2) is 41.5 Å². The molecule has 1 amide bonds. The number of rotatable bonds is 5. The highest BCUT2D eigenvalue weighted by atomic mass is 35.5. The van der Waals surface area contributed by atoms with Crippen molar-refractivity contribution in [3.63, 3.8) is 0 Å². The predicted octanol–water partition coefficient (Wildman–Crippen LogP) is 4.48. The van der Waals surface area contributed by atoms with Gasteiger partial charge in [-0.2, -0.15) is 5.10 Å². The molecule has 23 heavy (non-hydrogen) atoms. The third-order valence-corrected chi connectivity index (χ3v) is 3.82. The van der Waals surface area contributed by atoms with Gasteiger partial charge in [-0.3, -0.25) is 4.79 Å². The van der Waals surface area contributed by atoms with Crippen LogP contribution >= 0.6 is 34.8 Å². The van der Waals surface area contributed by atoms with Gasteiger partial charge in [0, 0.05) is 5.02 Å². The van der Waals surface area contributed by atoms with Crippen molar-refractivity contribution in [1.29, 1.82) is 0 Å². The van der Waals surface area contributed by atoms with Crippen molar-refractivity contribution in [2.24, 2.45) is 5.10 Å². The van der Waals surface area contributed by atoms with Crippen LogP contribution in [0.3, 0.4) is 0 Å². The fraction of sp³-hybridized carbons (Fsp3) is 0.125. The van der Waals surface area contributed by atoms with Crippen molar-refractivity contribution >= 4 is 46.9 Å². The zero-order valence-electron chi connectivity index (χ0n) is 12.1. The molecule has 2 aromatic carbocycles. The third kappa shape index (κ3) is 5.43. The maximum atomic E-state index is 11.7. The van der Waals surface area contributed by atoms with Gasteiger partial charge in [0.15, 0.2) is 6.61 Å². The fourth-order valence-electron chi connectivity index (χ4n) is 1.72. The Labute approximate surface area is 149 Å². The van der Waals surface area contributed by atoms with E-state index in [1.807, 2.05) is 6.92 Å². The summed E-state index contributed by atoms with van der Waals surface area (Å²) >= 11 is 17.6. The van der Waals surface area contributed by atoms with Crippen LogP contribution in [0.25, 0.3) is 0 Å². The quantitative estimate of drug-likeness (QED) is 0.622. The zero-order valence-corrected chi connectivity index (χ0v) is 14.4. The Morgan fingerprint density at radius 1 is 1.17 bits per heavy atom. The van der Waals surface area contributed by atoms with Crippen LogP contribution in [0.5, 0.6) is 5.75 Å². The molecule has 2 rings (SSSR count). The summed E-state index contributed by atoms with van der Waals surface area (Å²) in [5.74, 6) is 0.216. The molecule has 0 atom stereocenters. The highest BCUT2D eigenvalue weighted by Crippen LogP contribution is 2.22. The molecule has 0 radical (unpaired) electrons. The van der Waals surface area contributed by atoms with Gasteiger partial charge in [0.25, 0.3) is 5.91 Å². The first-order chi connectivity index (χ1) is 11.0. The van der Waals surface area contributed by atoms with Crippen LogP contribution in [0.1, 0.15) is 11.1 Å². The lowest BCUT2D eigenvalue weighted by Gasteiger charge is -2.08. The first-order valence-electron chi connectivity index (χ1n) is 6.61. The van der Waals surface area contributed by atoms with E-state index >= 15 is 0 Å². The number of ether oxygens (including phenoxy) is 1. The Morgan fingerprint density at radius 3 is 2.65 bits per heavy atom. The smallest absolute Gasteiger partial charge is 0.277 e. The van der Waals surface area contributed by atoms with E-state index < -0.39 is 0 Å². The molecule has 2 aromatic rings. The summed E-state index contributed by atoms with van der Waals surface area (Å²) in [5, 5.41) is 5.33. The average molecular weight is 372 g/mol. The van der Waals surface area contributed by atoms with Crippen LogP contribution in [-0.2, 0) is 4.79 Å². The summed E-state index contributed by atoms with van der Waals surface area (Å²) in [6, 6.07) is 10.2. The molecule has 4 nitrogen and oxygen atoms in total. The van der Waals surface area contributed by atoms with Gasteiger partial charge < -0.3 is 4.74 Å². The number of amides is 1. The van der Waals surface area contributed by atoms with Gasteiger partial charge in [0.05, 0.1) is 16.3 Å². The first kappa shape index (κ1) is 17.6. The average Bonchev–Trinajstić information content (AvgIpc) is 2.50. The summed E-state index contributed by atoms with van der Waals surface area (Å²) in [6.45, 7) is 1.70. The molecule has 0 aliphatic rings. The van der Waals surface area contributed by atoms with Crippen molar-refractivity contribution in [1.82, 2.24) is 5.43 Å². The number of aryl methyl sites for hydroxylation is 1. The standard InChI is InChI=1S/C16H13Cl3N2O2/c1-10-6-12(17)3-5-15(10)23-9-16(22)21-20-8-11-2-4-13(18)14(19)7-11/h2-8H,9H2,1H3,(H,21,22)/b20-8+. The first-order valence-corrected chi connectivity index (χ1v) is 7.75. The number of halogens is 3. The van der Waals surface area contributed by atoms with E-state index in [4.69, 9.17) is 39.5 Å². The molecule has 1 N–H and O–H groups in total. The molecule has 0 unspecified atom stereocenters. The molecular formula is C16H13Cl3N2O2. The van der Waals surface area contributed by atoms with Gasteiger partial charge in [0.1, 0.15) is 5.75 Å². The monoisotopic (exact) mass is 370 g/mol. The number of nitrogens with one attached hydrogen (secondary N) is 1. The zero-order chi connectivity index (χ0) is 16.8. The maximum Gasteiger partial charge on any atom is 0.277 e. The van der Waals surface area contributed by atoms with Gasteiger partial charge in [-0.15, -0.1) is 0 Å². The second kappa shape index (κ2) is 8.20. The predicted molar refractivity (Wildman–Crippen MR) is 93.9 cm³/mol. The summed E-state index contributed by atoms with van der Waals surface area (Å²) in [5.41, 5.74) is 3.94. The largest absolute Gasteiger partial charge is 0.483 e. The molecule has 0 saturated heterocycles. The molecule has 0 aromatic heterocycles. The fourth-order valence-corrected chi connectivity index (χ4v) is 2.26. The van der Waals surface area contributed by atoms with Crippen LogP contribution in [0, 0.1) is 6.92 Å². The van der Waals surface area contributed by atoms with Crippen molar-refractivity contribution in [2.45, 2.75) is 6.92 Å². The van der Waals surface area contributed by atoms with E-state index in [9.17, 15) is 4.79 Å². The Hall–Kier alpha value is -1.75. The van der Waals surface area contributed by atoms with Crippen LogP contribution in [0.2, 0.25) is 15.1 Å². The van der Waals surface area contributed by atoms with Gasteiger partial charge in [-0.25, -0.2) is 5.43 Å². The number of carbonyl (C=O) groups is 1. The lowest BCUT2D eigenvalue weighted by molar-refractivity contribution is -0.123. The minimum Gasteiger partial charge on any atom is -0.483 e. The Kier molecular flexibility index (Phi) is 6.28. The van der Waals surface area contributed by atoms with E-state index in [1.54, 1.807) is 36.4 Å². The Bertz CT molecular complexity index is 748. The summed E-state index contributed by atoms with van der Waals surface area (Å²) < 4.78 is 5.41. The molecule has 7 heteroatoms. The highest BCUT2D eigenvalue weighted by Gasteiger charge is 2.04. The normalized spacial score (nSPS) is 10.8. The van der Waals surface area contributed by atoms with Crippen LogP contribution < -0.4 is 10.2 Å². The molecule has 0 fully saturated rings. The number of carbonyl (C=O) groups excluding carboxylic acids is 1. The number of hydrogen-bond donors (Lipinski definition) is 1. The number of hydrazone groups is 1. The Balaban J connectivity index is 1.85. The number of hydrogen-bond acceptors (Lipinski definition) is 3. The minimum atomic E-state index is -0.379. The van der Waals surface area contributed by atoms with Crippen molar-refractivity contribution in [3.8, 4) is 5.75 Å². The van der Waals surface area contributed by atoms with Crippen LogP contribution in [-0.4, -0.2) is 18.7 Å². The molecule has 0 bridgehead atoms. The van der Waals surface area contributed by atoms with E-state index in [0.717, 1.165) is 5.56 Å². The lowest BCUT2D eigenvalue weighted by atomic mass is 10.2. The molecule has 0 spiro atoms. The summed E-state index contributed by atoms with van der Waals surface area (Å²) in [6.07, 6.45) is 1.47. The molecule has 0 aliphatic heterocycles. The van der Waals surface area contributed by atoms with E-state index in [-0.39, 0.29) is 12.5 Å². The van der Waals surface area contributed by atoms with E-state index in [1.165, 1.54) is 6.21 Å². The topological polar surface area (TPSA) is 50.7 Å². The van der Waals surface area contributed by atoms with Crippen molar-refractivity contribution in [3.05, 3.63) is 62.6 Å². The summed E-state index contributed by atoms with van der Waals surface area (Å²) in [4.78, 5) is 11.7. The number of benzene rings is 2. The van der Waals surface area contributed by atoms with E-state index in [0.29, 0.717) is 26.4 Å². The SMILES string of the molecule is Cc1cc(Cl)ccc1OCC(=O)N/N=C/c1ccc(Cl)c(Cl)c1. The van der Waals surface area contributed by atoms with Gasteiger partial charge in [-0.05, 0) is 48.4 Å².